The van der Waals surface area contributed by atoms with Crippen molar-refractivity contribution < 1.29 is 4.79 Å². The largest absolute Gasteiger partial charge is 0.338 e. The van der Waals surface area contributed by atoms with Gasteiger partial charge >= 0.3 is 5.69 Å². The van der Waals surface area contributed by atoms with Crippen molar-refractivity contribution in [1.82, 2.24) is 9.55 Å². The standard InChI is InChI=1S/C22H36N4O3/c1-6-7-8-9-10-11-12-13-14-15-25-16-26(20(28)22(2,3)4)17-18(27)23-21(29)24(5)19(17)25/h6H,1,7-16H2,2-5H3,(H,23,27,29). The van der Waals surface area contributed by atoms with Crippen molar-refractivity contribution in [1.29, 1.82) is 0 Å². The Morgan fingerprint density at radius 2 is 1.66 bits per heavy atom. The van der Waals surface area contributed by atoms with E-state index in [0.717, 1.165) is 19.3 Å². The summed E-state index contributed by atoms with van der Waals surface area (Å²) in [5.41, 5.74) is -1.28. The summed E-state index contributed by atoms with van der Waals surface area (Å²) in [5, 5.41) is 0. The number of anilines is 2. The van der Waals surface area contributed by atoms with Crippen LogP contribution in [-0.4, -0.2) is 28.7 Å². The van der Waals surface area contributed by atoms with Crippen LogP contribution in [0.3, 0.4) is 0 Å². The summed E-state index contributed by atoms with van der Waals surface area (Å²) in [7, 11) is 1.64. The Kier molecular flexibility index (Phi) is 7.88. The highest BCUT2D eigenvalue weighted by atomic mass is 16.2. The molecule has 0 spiro atoms. The lowest BCUT2D eigenvalue weighted by Gasteiger charge is -2.26. The first-order valence-electron chi connectivity index (χ1n) is 10.7. The lowest BCUT2D eigenvalue weighted by atomic mass is 9.95. The Morgan fingerprint density at radius 1 is 1.07 bits per heavy atom. The Labute approximate surface area is 173 Å². The second kappa shape index (κ2) is 9.94. The maximum Gasteiger partial charge on any atom is 0.329 e. The van der Waals surface area contributed by atoms with Crippen molar-refractivity contribution in [2.75, 3.05) is 23.0 Å². The number of H-pyrrole nitrogens is 1. The maximum absolute atomic E-state index is 12.9. The Morgan fingerprint density at radius 3 is 2.24 bits per heavy atom. The van der Waals surface area contributed by atoms with Crippen LogP contribution in [0.4, 0.5) is 11.5 Å². The molecular weight excluding hydrogens is 368 g/mol. The van der Waals surface area contributed by atoms with E-state index in [4.69, 9.17) is 0 Å². The molecule has 0 saturated carbocycles. The molecule has 0 radical (unpaired) electrons. The number of amides is 1. The molecule has 1 amide bonds. The van der Waals surface area contributed by atoms with Crippen LogP contribution >= 0.6 is 0 Å². The predicted molar refractivity (Wildman–Crippen MR) is 119 cm³/mol. The Bertz CT molecular complexity index is 832. The van der Waals surface area contributed by atoms with Gasteiger partial charge in [-0.3, -0.25) is 24.0 Å². The second-order valence-corrected chi connectivity index (χ2v) is 8.93. The van der Waals surface area contributed by atoms with Crippen LogP contribution in [0.1, 0.15) is 72.1 Å². The van der Waals surface area contributed by atoms with Crippen LogP contribution in [0.15, 0.2) is 22.2 Å². The molecule has 1 aromatic rings. The highest BCUT2D eigenvalue weighted by Gasteiger charge is 2.39. The number of aromatic amines is 1. The monoisotopic (exact) mass is 404 g/mol. The molecule has 2 heterocycles. The molecule has 1 N–H and O–H groups in total. The maximum atomic E-state index is 12.9. The van der Waals surface area contributed by atoms with Crippen molar-refractivity contribution in [2.45, 2.75) is 72.1 Å². The van der Waals surface area contributed by atoms with Crippen molar-refractivity contribution in [3.63, 3.8) is 0 Å². The van der Waals surface area contributed by atoms with Crippen molar-refractivity contribution in [2.24, 2.45) is 12.5 Å². The molecule has 2 rings (SSSR count). The Hall–Kier alpha value is -2.31. The van der Waals surface area contributed by atoms with E-state index in [1.54, 1.807) is 7.05 Å². The number of allylic oxidation sites excluding steroid dienone is 1. The highest BCUT2D eigenvalue weighted by Crippen LogP contribution is 2.34. The van der Waals surface area contributed by atoms with Gasteiger partial charge in [0.25, 0.3) is 5.56 Å². The molecule has 0 atom stereocenters. The number of nitrogens with zero attached hydrogens (tertiary/aromatic N) is 3. The summed E-state index contributed by atoms with van der Waals surface area (Å²) >= 11 is 0. The number of rotatable bonds is 10. The smallest absolute Gasteiger partial charge is 0.329 e. The molecule has 0 fully saturated rings. The second-order valence-electron chi connectivity index (χ2n) is 8.93. The van der Waals surface area contributed by atoms with Crippen molar-refractivity contribution >= 4 is 17.4 Å². The van der Waals surface area contributed by atoms with E-state index in [1.165, 1.54) is 41.6 Å². The summed E-state index contributed by atoms with van der Waals surface area (Å²) in [6.45, 7) is 10.3. The number of aromatic nitrogens is 2. The first kappa shape index (κ1) is 23.0. The molecule has 0 aromatic carbocycles. The summed E-state index contributed by atoms with van der Waals surface area (Å²) in [6, 6.07) is 0. The van der Waals surface area contributed by atoms with Gasteiger partial charge in [-0.05, 0) is 19.3 Å². The van der Waals surface area contributed by atoms with E-state index in [0.29, 0.717) is 19.0 Å². The van der Waals surface area contributed by atoms with E-state index in [1.807, 2.05) is 31.7 Å². The van der Waals surface area contributed by atoms with Gasteiger partial charge in [-0.2, -0.15) is 0 Å². The molecule has 1 aliphatic rings. The summed E-state index contributed by atoms with van der Waals surface area (Å²) in [4.78, 5) is 43.3. The minimum atomic E-state index is -0.611. The first-order chi connectivity index (χ1) is 13.7. The van der Waals surface area contributed by atoms with Crippen LogP contribution in [-0.2, 0) is 11.8 Å². The minimum absolute atomic E-state index is 0.120. The first-order valence-corrected chi connectivity index (χ1v) is 10.7. The molecule has 0 bridgehead atoms. The van der Waals surface area contributed by atoms with E-state index in [2.05, 4.69) is 11.6 Å². The van der Waals surface area contributed by atoms with Gasteiger partial charge in [0.2, 0.25) is 5.91 Å². The normalized spacial score (nSPS) is 13.7. The van der Waals surface area contributed by atoms with Crippen LogP contribution in [0.2, 0.25) is 0 Å². The molecule has 1 aromatic heterocycles. The third-order valence-corrected chi connectivity index (χ3v) is 5.37. The Balaban J connectivity index is 2.02. The van der Waals surface area contributed by atoms with E-state index in [9.17, 15) is 14.4 Å². The van der Waals surface area contributed by atoms with Gasteiger partial charge in [0, 0.05) is 19.0 Å². The van der Waals surface area contributed by atoms with E-state index in [-0.39, 0.29) is 11.6 Å². The van der Waals surface area contributed by atoms with Crippen LogP contribution in [0, 0.1) is 5.41 Å². The molecule has 0 saturated heterocycles. The molecule has 7 heteroatoms. The number of hydrogen-bond acceptors (Lipinski definition) is 4. The zero-order valence-corrected chi connectivity index (χ0v) is 18.4. The van der Waals surface area contributed by atoms with E-state index < -0.39 is 16.7 Å². The van der Waals surface area contributed by atoms with Gasteiger partial charge in [-0.25, -0.2) is 4.79 Å². The molecule has 29 heavy (non-hydrogen) atoms. The number of carbonyl (C=O) groups excluding carboxylic acids is 1. The number of nitrogens with one attached hydrogen (secondary N) is 1. The summed E-state index contributed by atoms with van der Waals surface area (Å²) < 4.78 is 1.44. The van der Waals surface area contributed by atoms with Crippen LogP contribution in [0.25, 0.3) is 0 Å². The average Bonchev–Trinajstić information content (AvgIpc) is 3.03. The van der Waals surface area contributed by atoms with Gasteiger partial charge in [0.1, 0.15) is 5.82 Å². The molecule has 0 unspecified atom stereocenters. The SMILES string of the molecule is C=CCCCCCCCCCN1CN(C(=O)C(C)(C)C)c2c1n(C)c(=O)[nH]c2=O. The van der Waals surface area contributed by atoms with Gasteiger partial charge < -0.3 is 4.90 Å². The minimum Gasteiger partial charge on any atom is -0.338 e. The predicted octanol–water partition coefficient (Wildman–Crippen LogP) is 3.54. The number of carbonyl (C=O) groups is 1. The van der Waals surface area contributed by atoms with Crippen molar-refractivity contribution in [3.05, 3.63) is 33.5 Å². The van der Waals surface area contributed by atoms with Crippen molar-refractivity contribution in [3.8, 4) is 0 Å². The summed E-state index contributed by atoms with van der Waals surface area (Å²) in [6.07, 6.45) is 11.2. The third kappa shape index (κ3) is 5.61. The van der Waals surface area contributed by atoms with Crippen LogP contribution < -0.4 is 21.0 Å². The molecule has 1 aliphatic heterocycles. The van der Waals surface area contributed by atoms with E-state index >= 15 is 0 Å². The fraction of sp³-hybridized carbons (Fsp3) is 0.682. The topological polar surface area (TPSA) is 78.4 Å². The lowest BCUT2D eigenvalue weighted by molar-refractivity contribution is -0.125. The number of unbranched alkanes of at least 4 members (excludes halogenated alkanes) is 7. The van der Waals surface area contributed by atoms with Gasteiger partial charge in [0.15, 0.2) is 5.69 Å². The zero-order valence-electron chi connectivity index (χ0n) is 18.4. The van der Waals surface area contributed by atoms with Gasteiger partial charge in [0.05, 0.1) is 6.67 Å². The quantitative estimate of drug-likeness (QED) is 0.478. The van der Waals surface area contributed by atoms with Crippen LogP contribution in [0.5, 0.6) is 0 Å². The average molecular weight is 405 g/mol. The zero-order chi connectivity index (χ0) is 21.6. The third-order valence-electron chi connectivity index (χ3n) is 5.37. The number of fused-ring (bicyclic) bond motifs is 1. The molecular formula is C22H36N4O3. The number of hydrogen-bond donors (Lipinski definition) is 1. The van der Waals surface area contributed by atoms with Gasteiger partial charge in [-0.1, -0.05) is 59.0 Å². The summed E-state index contributed by atoms with van der Waals surface area (Å²) in [5.74, 6) is 0.422. The molecule has 162 valence electrons. The fourth-order valence-electron chi connectivity index (χ4n) is 3.73. The fourth-order valence-corrected chi connectivity index (χ4v) is 3.73. The molecule has 7 nitrogen and oxygen atoms in total. The highest BCUT2D eigenvalue weighted by molar-refractivity contribution is 6.01. The lowest BCUT2D eigenvalue weighted by Crippen LogP contribution is -2.43. The van der Waals surface area contributed by atoms with Gasteiger partial charge in [-0.15, -0.1) is 6.58 Å². The molecule has 0 aliphatic carbocycles.